The summed E-state index contributed by atoms with van der Waals surface area (Å²) in [6.45, 7) is 5.75. The van der Waals surface area contributed by atoms with E-state index in [1.54, 1.807) is 18.7 Å². The van der Waals surface area contributed by atoms with Crippen molar-refractivity contribution in [2.45, 2.75) is 31.2 Å². The summed E-state index contributed by atoms with van der Waals surface area (Å²) in [5.74, 6) is 1.84. The molecule has 0 saturated heterocycles. The first-order chi connectivity index (χ1) is 11.1. The predicted molar refractivity (Wildman–Crippen MR) is 83.8 cm³/mol. The third-order valence-corrected chi connectivity index (χ3v) is 4.20. The molecule has 120 valence electrons. The van der Waals surface area contributed by atoms with Gasteiger partial charge >= 0.3 is 0 Å². The van der Waals surface area contributed by atoms with Gasteiger partial charge in [-0.2, -0.15) is 9.67 Å². The van der Waals surface area contributed by atoms with Crippen molar-refractivity contribution < 1.29 is 9.26 Å². The Labute approximate surface area is 137 Å². The van der Waals surface area contributed by atoms with Crippen LogP contribution in [0.5, 0.6) is 5.75 Å². The summed E-state index contributed by atoms with van der Waals surface area (Å²) in [6, 6.07) is 5.84. The molecule has 2 heterocycles. The minimum atomic E-state index is -0.0724. The maximum atomic E-state index is 5.41. The van der Waals surface area contributed by atoms with Crippen molar-refractivity contribution >= 4 is 11.8 Å². The van der Waals surface area contributed by atoms with Crippen molar-refractivity contribution in [3.63, 3.8) is 0 Å². The van der Waals surface area contributed by atoms with Crippen LogP contribution in [0.25, 0.3) is 5.69 Å². The summed E-state index contributed by atoms with van der Waals surface area (Å²) in [4.78, 5) is 4.24. The van der Waals surface area contributed by atoms with Gasteiger partial charge in [-0.25, -0.2) is 0 Å². The number of hydrogen-bond acceptors (Lipinski definition) is 8. The number of tetrazole rings is 1. The highest BCUT2D eigenvalue weighted by Gasteiger charge is 2.20. The minimum absolute atomic E-state index is 0.0724. The van der Waals surface area contributed by atoms with Crippen molar-refractivity contribution in [2.24, 2.45) is 0 Å². The zero-order valence-corrected chi connectivity index (χ0v) is 14.0. The molecular formula is C14H16N6O2S. The second-order valence-electron chi connectivity index (χ2n) is 4.99. The van der Waals surface area contributed by atoms with Crippen molar-refractivity contribution in [3.8, 4) is 11.4 Å². The molecule has 23 heavy (non-hydrogen) atoms. The molecule has 9 heteroatoms. The molecule has 0 spiro atoms. The smallest absolute Gasteiger partial charge is 0.239 e. The van der Waals surface area contributed by atoms with E-state index in [9.17, 15) is 0 Å². The van der Waals surface area contributed by atoms with Crippen molar-refractivity contribution in [2.75, 3.05) is 7.11 Å². The molecule has 3 rings (SSSR count). The second-order valence-corrected chi connectivity index (χ2v) is 6.30. The van der Waals surface area contributed by atoms with E-state index < -0.39 is 0 Å². The summed E-state index contributed by atoms with van der Waals surface area (Å²) in [5, 5.41) is 16.3. The molecule has 0 aliphatic carbocycles. The Balaban J connectivity index is 1.92. The Morgan fingerprint density at radius 1 is 1.30 bits per heavy atom. The molecule has 0 saturated carbocycles. The number of methoxy groups -OCH3 is 1. The van der Waals surface area contributed by atoms with E-state index in [4.69, 9.17) is 9.26 Å². The van der Waals surface area contributed by atoms with Gasteiger partial charge in [0.25, 0.3) is 0 Å². The van der Waals surface area contributed by atoms with Crippen LogP contribution in [-0.2, 0) is 0 Å². The molecule has 0 N–H and O–H groups in total. The van der Waals surface area contributed by atoms with Gasteiger partial charge in [0, 0.05) is 0 Å². The highest BCUT2D eigenvalue weighted by molar-refractivity contribution is 7.99. The van der Waals surface area contributed by atoms with Gasteiger partial charge in [-0.05, 0) is 48.9 Å². The van der Waals surface area contributed by atoms with E-state index >= 15 is 0 Å². The third-order valence-electron chi connectivity index (χ3n) is 3.18. The molecule has 1 unspecified atom stereocenters. The van der Waals surface area contributed by atoms with Crippen LogP contribution in [0.3, 0.4) is 0 Å². The average molecular weight is 332 g/mol. The van der Waals surface area contributed by atoms with Crippen LogP contribution in [0.15, 0.2) is 27.9 Å². The van der Waals surface area contributed by atoms with Gasteiger partial charge in [0.15, 0.2) is 5.82 Å². The van der Waals surface area contributed by atoms with E-state index in [0.717, 1.165) is 11.3 Å². The molecule has 0 aliphatic rings. The number of aryl methyl sites for hydroxylation is 2. The van der Waals surface area contributed by atoms with Crippen molar-refractivity contribution in [1.29, 1.82) is 0 Å². The largest absolute Gasteiger partial charge is 0.494 e. The minimum Gasteiger partial charge on any atom is -0.494 e. The molecule has 0 amide bonds. The molecular weight excluding hydrogens is 316 g/mol. The van der Waals surface area contributed by atoms with Gasteiger partial charge < -0.3 is 9.26 Å². The van der Waals surface area contributed by atoms with Crippen LogP contribution in [0, 0.1) is 13.8 Å². The van der Waals surface area contributed by atoms with Crippen LogP contribution in [0.4, 0.5) is 0 Å². The van der Waals surface area contributed by atoms with Crippen LogP contribution < -0.4 is 4.74 Å². The van der Waals surface area contributed by atoms with Gasteiger partial charge in [0.1, 0.15) is 11.4 Å². The number of hydrogen-bond donors (Lipinski definition) is 0. The summed E-state index contributed by atoms with van der Waals surface area (Å²) in [7, 11) is 1.62. The Morgan fingerprint density at radius 2 is 2.13 bits per heavy atom. The highest BCUT2D eigenvalue weighted by Crippen LogP contribution is 2.34. The van der Waals surface area contributed by atoms with E-state index in [0.29, 0.717) is 22.6 Å². The van der Waals surface area contributed by atoms with Gasteiger partial charge in [0.2, 0.25) is 11.0 Å². The predicted octanol–water partition coefficient (Wildman–Crippen LogP) is 2.52. The Kier molecular flexibility index (Phi) is 4.28. The number of rotatable bonds is 5. The first kappa shape index (κ1) is 15.5. The summed E-state index contributed by atoms with van der Waals surface area (Å²) in [5.41, 5.74) is 1.88. The normalized spacial score (nSPS) is 12.3. The van der Waals surface area contributed by atoms with Crippen LogP contribution >= 0.6 is 11.8 Å². The number of benzene rings is 1. The highest BCUT2D eigenvalue weighted by atomic mass is 32.2. The maximum absolute atomic E-state index is 5.41. The second kappa shape index (κ2) is 6.37. The lowest BCUT2D eigenvalue weighted by Gasteiger charge is -2.11. The quantitative estimate of drug-likeness (QED) is 0.658. The lowest BCUT2D eigenvalue weighted by atomic mass is 10.2. The molecule has 2 aromatic heterocycles. The number of ether oxygens (including phenoxy) is 1. The number of aromatic nitrogens is 6. The SMILES string of the molecule is COc1ccc(C)cc1-n1nnnc1SC(C)c1nc(C)no1. The molecule has 1 aromatic carbocycles. The first-order valence-corrected chi connectivity index (χ1v) is 7.86. The van der Waals surface area contributed by atoms with Crippen LogP contribution in [0.1, 0.15) is 29.5 Å². The molecule has 3 aromatic rings. The Morgan fingerprint density at radius 3 is 2.83 bits per heavy atom. The fourth-order valence-electron chi connectivity index (χ4n) is 2.06. The Hall–Kier alpha value is -2.42. The monoisotopic (exact) mass is 332 g/mol. The summed E-state index contributed by atoms with van der Waals surface area (Å²) < 4.78 is 12.3. The van der Waals surface area contributed by atoms with Gasteiger partial charge in [-0.1, -0.05) is 23.0 Å². The number of nitrogens with zero attached hydrogens (tertiary/aromatic N) is 6. The molecule has 0 aliphatic heterocycles. The molecule has 8 nitrogen and oxygen atoms in total. The summed E-state index contributed by atoms with van der Waals surface area (Å²) in [6.07, 6.45) is 0. The fraction of sp³-hybridized carbons (Fsp3) is 0.357. The number of thioether (sulfide) groups is 1. The molecule has 0 radical (unpaired) electrons. The van der Waals surface area contributed by atoms with Gasteiger partial charge in [-0.3, -0.25) is 0 Å². The average Bonchev–Trinajstić information content (AvgIpc) is 3.16. The lowest BCUT2D eigenvalue weighted by Crippen LogP contribution is -2.03. The van der Waals surface area contributed by atoms with E-state index in [2.05, 4.69) is 25.7 Å². The zero-order valence-electron chi connectivity index (χ0n) is 13.2. The van der Waals surface area contributed by atoms with E-state index in [-0.39, 0.29) is 5.25 Å². The van der Waals surface area contributed by atoms with Crippen molar-refractivity contribution in [3.05, 3.63) is 35.5 Å². The van der Waals surface area contributed by atoms with Gasteiger partial charge in [0.05, 0.1) is 12.4 Å². The lowest BCUT2D eigenvalue weighted by molar-refractivity contribution is 0.376. The van der Waals surface area contributed by atoms with E-state index in [1.165, 1.54) is 11.8 Å². The van der Waals surface area contributed by atoms with Gasteiger partial charge in [-0.15, -0.1) is 5.10 Å². The molecule has 0 bridgehead atoms. The fourth-order valence-corrected chi connectivity index (χ4v) is 2.89. The maximum Gasteiger partial charge on any atom is 0.239 e. The zero-order chi connectivity index (χ0) is 16.4. The standard InChI is InChI=1S/C14H16N6O2S/c1-8-5-6-12(21-4)11(7-8)20-14(16-18-19-20)23-9(2)13-15-10(3)17-22-13/h5-7,9H,1-4H3. The topological polar surface area (TPSA) is 91.8 Å². The molecule has 0 fully saturated rings. The van der Waals surface area contributed by atoms with Crippen LogP contribution in [0.2, 0.25) is 0 Å². The summed E-state index contributed by atoms with van der Waals surface area (Å²) >= 11 is 1.44. The van der Waals surface area contributed by atoms with Crippen molar-refractivity contribution in [1.82, 2.24) is 30.3 Å². The first-order valence-electron chi connectivity index (χ1n) is 6.98. The Bertz CT molecular complexity index is 815. The van der Waals surface area contributed by atoms with Crippen LogP contribution in [-0.4, -0.2) is 37.5 Å². The third kappa shape index (κ3) is 3.19. The molecule has 1 atom stereocenters. The van der Waals surface area contributed by atoms with E-state index in [1.807, 2.05) is 32.0 Å².